The Hall–Kier alpha value is -6.12. The molecule has 0 unspecified atom stereocenters. The van der Waals surface area contributed by atoms with Crippen molar-refractivity contribution in [2.45, 2.75) is 0 Å². The summed E-state index contributed by atoms with van der Waals surface area (Å²) in [5, 5.41) is 7.13. The smallest absolute Gasteiger partial charge is 0.135 e. The van der Waals surface area contributed by atoms with Gasteiger partial charge in [-0.2, -0.15) is 0 Å². The first-order chi connectivity index (χ1) is 22.8. The molecule has 46 heavy (non-hydrogen) atoms. The molecule has 0 aliphatic rings. The van der Waals surface area contributed by atoms with Crippen molar-refractivity contribution < 1.29 is 4.42 Å². The highest BCUT2D eigenvalue weighted by Crippen LogP contribution is 2.43. The Balaban J connectivity index is 1.25. The molecular weight excluding hydrogens is 558 g/mol. The number of anilines is 3. The van der Waals surface area contributed by atoms with Gasteiger partial charge in [0.1, 0.15) is 11.2 Å². The monoisotopic (exact) mass is 587 g/mol. The lowest BCUT2D eigenvalue weighted by Gasteiger charge is -2.28. The third-order valence-electron chi connectivity index (χ3n) is 9.01. The Labute approximate surface area is 267 Å². The Morgan fingerprint density at radius 1 is 0.348 bits per heavy atom. The van der Waals surface area contributed by atoms with E-state index in [1.54, 1.807) is 0 Å². The summed E-state index contributed by atoms with van der Waals surface area (Å²) in [4.78, 5) is 2.38. The number of benzene rings is 8. The highest BCUT2D eigenvalue weighted by Gasteiger charge is 2.19. The molecule has 0 atom stereocenters. The topological polar surface area (TPSA) is 16.4 Å². The number of hydrogen-bond acceptors (Lipinski definition) is 2. The molecule has 0 saturated heterocycles. The molecule has 8 aromatic carbocycles. The molecule has 0 aliphatic heterocycles. The molecule has 9 aromatic rings. The van der Waals surface area contributed by atoms with Gasteiger partial charge in [0, 0.05) is 27.7 Å². The highest BCUT2D eigenvalue weighted by molar-refractivity contribution is 6.07. The first kappa shape index (κ1) is 26.3. The predicted molar refractivity (Wildman–Crippen MR) is 194 cm³/mol. The zero-order chi connectivity index (χ0) is 30.5. The lowest BCUT2D eigenvalue weighted by molar-refractivity contribution is 0.669. The normalized spacial score (nSPS) is 11.5. The Morgan fingerprint density at radius 2 is 0.957 bits per heavy atom. The molecule has 0 N–H and O–H groups in total. The minimum atomic E-state index is 0.889. The first-order valence-corrected chi connectivity index (χ1v) is 15.7. The lowest BCUT2D eigenvalue weighted by Crippen LogP contribution is -2.11. The van der Waals surface area contributed by atoms with Crippen molar-refractivity contribution in [1.29, 1.82) is 0 Å². The zero-order valence-corrected chi connectivity index (χ0v) is 25.1. The van der Waals surface area contributed by atoms with Crippen molar-refractivity contribution in [3.63, 3.8) is 0 Å². The van der Waals surface area contributed by atoms with Gasteiger partial charge in [0.2, 0.25) is 0 Å². The third kappa shape index (κ3) is 4.51. The van der Waals surface area contributed by atoms with Crippen LogP contribution in [-0.2, 0) is 0 Å². The number of rotatable bonds is 5. The third-order valence-corrected chi connectivity index (χ3v) is 9.01. The van der Waals surface area contributed by atoms with Crippen LogP contribution in [0.3, 0.4) is 0 Å². The average molecular weight is 588 g/mol. The molecule has 2 nitrogen and oxygen atoms in total. The predicted octanol–water partition coefficient (Wildman–Crippen LogP) is 12.7. The van der Waals surface area contributed by atoms with E-state index in [0.29, 0.717) is 0 Å². The maximum atomic E-state index is 6.21. The standard InChI is InChI=1S/C44H29NO/c1-2-11-32(12-3-1)39-14-6-8-16-42(39)45(38-24-25-44-41(29-38)40-15-7-9-17-43(40)46-44)37-23-22-31-19-21-35(27-36(31)28-37)34-20-18-30-10-4-5-13-33(30)26-34/h1-29H. The SMILES string of the molecule is c1ccc(-c2ccccc2N(c2ccc3ccc(-c4ccc5ccccc5c4)cc3c2)c2ccc3oc4ccccc4c3c2)cc1. The quantitative estimate of drug-likeness (QED) is 0.199. The van der Waals surface area contributed by atoms with Gasteiger partial charge in [0.15, 0.2) is 0 Å². The van der Waals surface area contributed by atoms with Gasteiger partial charge in [-0.05, 0) is 92.8 Å². The molecule has 0 radical (unpaired) electrons. The number of nitrogens with zero attached hydrogens (tertiary/aromatic N) is 1. The van der Waals surface area contributed by atoms with Crippen LogP contribution in [0.4, 0.5) is 17.1 Å². The summed E-state index contributed by atoms with van der Waals surface area (Å²) in [6, 6.07) is 62.9. The summed E-state index contributed by atoms with van der Waals surface area (Å²) in [7, 11) is 0. The molecule has 1 aromatic heterocycles. The molecule has 0 bridgehead atoms. The van der Waals surface area contributed by atoms with E-state index in [-0.39, 0.29) is 0 Å². The van der Waals surface area contributed by atoms with Crippen molar-refractivity contribution in [3.8, 4) is 22.3 Å². The Morgan fingerprint density at radius 3 is 1.83 bits per heavy atom. The van der Waals surface area contributed by atoms with Gasteiger partial charge in [-0.15, -0.1) is 0 Å². The van der Waals surface area contributed by atoms with Crippen molar-refractivity contribution in [1.82, 2.24) is 0 Å². The first-order valence-electron chi connectivity index (χ1n) is 15.7. The van der Waals surface area contributed by atoms with E-state index in [9.17, 15) is 0 Å². The Bertz CT molecular complexity index is 2540. The molecule has 0 fully saturated rings. The van der Waals surface area contributed by atoms with E-state index < -0.39 is 0 Å². The van der Waals surface area contributed by atoms with Gasteiger partial charge in [-0.3, -0.25) is 0 Å². The molecule has 0 saturated carbocycles. The molecule has 2 heteroatoms. The molecule has 0 amide bonds. The van der Waals surface area contributed by atoms with Gasteiger partial charge in [-0.25, -0.2) is 0 Å². The van der Waals surface area contributed by atoms with Crippen LogP contribution < -0.4 is 4.90 Å². The second kappa shape index (κ2) is 10.8. The summed E-state index contributed by atoms with van der Waals surface area (Å²) >= 11 is 0. The van der Waals surface area contributed by atoms with E-state index >= 15 is 0 Å². The number of hydrogen-bond donors (Lipinski definition) is 0. The summed E-state index contributed by atoms with van der Waals surface area (Å²) in [5.41, 5.74) is 9.85. The fraction of sp³-hybridized carbons (Fsp3) is 0. The average Bonchev–Trinajstić information content (AvgIpc) is 3.50. The van der Waals surface area contributed by atoms with E-state index in [4.69, 9.17) is 4.42 Å². The highest BCUT2D eigenvalue weighted by atomic mass is 16.3. The van der Waals surface area contributed by atoms with Crippen molar-refractivity contribution >= 4 is 60.5 Å². The maximum absolute atomic E-state index is 6.21. The summed E-state index contributed by atoms with van der Waals surface area (Å²) in [6.45, 7) is 0. The minimum absolute atomic E-state index is 0.889. The van der Waals surface area contributed by atoms with Gasteiger partial charge in [0.25, 0.3) is 0 Å². The minimum Gasteiger partial charge on any atom is -0.456 e. The van der Waals surface area contributed by atoms with E-state index in [2.05, 4.69) is 169 Å². The van der Waals surface area contributed by atoms with E-state index in [1.165, 1.54) is 43.8 Å². The van der Waals surface area contributed by atoms with Crippen LogP contribution in [0.25, 0.3) is 65.7 Å². The van der Waals surface area contributed by atoms with Gasteiger partial charge < -0.3 is 9.32 Å². The van der Waals surface area contributed by atoms with Crippen molar-refractivity contribution in [2.24, 2.45) is 0 Å². The number of furan rings is 1. The molecule has 0 aliphatic carbocycles. The molecule has 9 rings (SSSR count). The lowest BCUT2D eigenvalue weighted by atomic mass is 9.98. The van der Waals surface area contributed by atoms with Crippen LogP contribution in [0, 0.1) is 0 Å². The van der Waals surface area contributed by atoms with Crippen LogP contribution in [0.5, 0.6) is 0 Å². The van der Waals surface area contributed by atoms with Crippen LogP contribution >= 0.6 is 0 Å². The van der Waals surface area contributed by atoms with Gasteiger partial charge >= 0.3 is 0 Å². The second-order valence-electron chi connectivity index (χ2n) is 11.8. The van der Waals surface area contributed by atoms with Crippen molar-refractivity contribution in [3.05, 3.63) is 176 Å². The molecule has 216 valence electrons. The molecular formula is C44H29NO. The van der Waals surface area contributed by atoms with Gasteiger partial charge in [-0.1, -0.05) is 121 Å². The molecule has 0 spiro atoms. The largest absolute Gasteiger partial charge is 0.456 e. The number of para-hydroxylation sites is 2. The van der Waals surface area contributed by atoms with Crippen LogP contribution in [-0.4, -0.2) is 0 Å². The maximum Gasteiger partial charge on any atom is 0.135 e. The van der Waals surface area contributed by atoms with Crippen molar-refractivity contribution in [2.75, 3.05) is 4.90 Å². The van der Waals surface area contributed by atoms with Crippen LogP contribution in [0.1, 0.15) is 0 Å². The van der Waals surface area contributed by atoms with Crippen LogP contribution in [0.2, 0.25) is 0 Å². The Kier molecular flexibility index (Phi) is 6.17. The summed E-state index contributed by atoms with van der Waals surface area (Å²) in [5.74, 6) is 0. The van der Waals surface area contributed by atoms with E-state index in [1.807, 2.05) is 12.1 Å². The van der Waals surface area contributed by atoms with Crippen LogP contribution in [0.15, 0.2) is 180 Å². The summed E-state index contributed by atoms with van der Waals surface area (Å²) < 4.78 is 6.21. The molecule has 1 heterocycles. The second-order valence-corrected chi connectivity index (χ2v) is 11.8. The fourth-order valence-electron chi connectivity index (χ4n) is 6.73. The summed E-state index contributed by atoms with van der Waals surface area (Å²) in [6.07, 6.45) is 0. The van der Waals surface area contributed by atoms with Gasteiger partial charge in [0.05, 0.1) is 5.69 Å². The van der Waals surface area contributed by atoms with E-state index in [0.717, 1.165) is 39.0 Å². The zero-order valence-electron chi connectivity index (χ0n) is 25.1. The number of fused-ring (bicyclic) bond motifs is 5. The fourth-order valence-corrected chi connectivity index (χ4v) is 6.73.